The molecule has 0 aliphatic rings. The molecule has 5 nitrogen and oxygen atoms in total. The van der Waals surface area contributed by atoms with Gasteiger partial charge in [0.15, 0.2) is 0 Å². The molecule has 0 spiro atoms. The molecule has 36 heavy (non-hydrogen) atoms. The summed E-state index contributed by atoms with van der Waals surface area (Å²) >= 11 is 0. The van der Waals surface area contributed by atoms with E-state index in [-0.39, 0.29) is 18.4 Å². The highest BCUT2D eigenvalue weighted by Crippen LogP contribution is 2.18. The second-order valence-corrected chi connectivity index (χ2v) is 10.9. The largest absolute Gasteiger partial charge is 0.467 e. The quantitative estimate of drug-likeness (QED) is 0.214. The Morgan fingerprint density at radius 3 is 2.03 bits per heavy atom. The summed E-state index contributed by atoms with van der Waals surface area (Å²) in [7, 11) is 0. The molecule has 0 atom stereocenters. The third-order valence-electron chi connectivity index (χ3n) is 6.69. The molecule has 0 saturated heterocycles. The number of furan rings is 1. The lowest BCUT2D eigenvalue weighted by molar-refractivity contribution is -0.145. The van der Waals surface area contributed by atoms with Gasteiger partial charge in [0.2, 0.25) is 11.8 Å². The molecule has 2 aromatic rings. The fraction of sp³-hybridized carbons (Fsp3) is 0.613. The first kappa shape index (κ1) is 29.7. The van der Waals surface area contributed by atoms with E-state index in [1.54, 1.807) is 11.2 Å². The van der Waals surface area contributed by atoms with Crippen LogP contribution in [-0.4, -0.2) is 40.2 Å². The fourth-order valence-electron chi connectivity index (χ4n) is 4.45. The van der Waals surface area contributed by atoms with Crippen LogP contribution in [0.25, 0.3) is 0 Å². The number of carbonyl (C=O) groups is 2. The van der Waals surface area contributed by atoms with Crippen molar-refractivity contribution in [3.05, 3.63) is 60.1 Å². The van der Waals surface area contributed by atoms with E-state index in [1.165, 1.54) is 50.5 Å². The molecule has 5 heteroatoms. The van der Waals surface area contributed by atoms with Crippen molar-refractivity contribution in [1.29, 1.82) is 0 Å². The molecule has 1 heterocycles. The van der Waals surface area contributed by atoms with Crippen LogP contribution < -0.4 is 0 Å². The molecule has 1 aromatic carbocycles. The smallest absolute Gasteiger partial charge is 0.242 e. The topological polar surface area (TPSA) is 53.8 Å². The number of unbranched alkanes of at least 4 members (excludes halogenated alkanes) is 8. The van der Waals surface area contributed by atoms with Gasteiger partial charge in [-0.25, -0.2) is 0 Å². The van der Waals surface area contributed by atoms with E-state index < -0.39 is 5.54 Å². The van der Waals surface area contributed by atoms with Crippen LogP contribution >= 0.6 is 0 Å². The Balaban J connectivity index is 1.90. The Labute approximate surface area is 219 Å². The zero-order valence-electron chi connectivity index (χ0n) is 23.1. The first-order chi connectivity index (χ1) is 17.3. The number of rotatable bonds is 17. The van der Waals surface area contributed by atoms with Crippen LogP contribution in [0.1, 0.15) is 103 Å². The van der Waals surface area contributed by atoms with Crippen molar-refractivity contribution >= 4 is 11.8 Å². The van der Waals surface area contributed by atoms with Crippen molar-refractivity contribution in [1.82, 2.24) is 9.80 Å². The highest BCUT2D eigenvalue weighted by atomic mass is 16.3. The predicted octanol–water partition coefficient (Wildman–Crippen LogP) is 7.40. The average Bonchev–Trinajstić information content (AvgIpc) is 3.37. The molecule has 1 aromatic heterocycles. The SMILES string of the molecule is CCCCCCCCCCCC(=O)N(CC(=O)N(CCc1ccccc1)Cc1ccco1)C(C)(C)C. The number of benzene rings is 1. The van der Waals surface area contributed by atoms with Gasteiger partial charge in [0.25, 0.3) is 0 Å². The summed E-state index contributed by atoms with van der Waals surface area (Å²) in [5, 5.41) is 0. The summed E-state index contributed by atoms with van der Waals surface area (Å²) < 4.78 is 5.52. The van der Waals surface area contributed by atoms with Crippen LogP contribution in [0.3, 0.4) is 0 Å². The van der Waals surface area contributed by atoms with Crippen LogP contribution in [0.4, 0.5) is 0 Å². The van der Waals surface area contributed by atoms with Gasteiger partial charge < -0.3 is 14.2 Å². The normalized spacial score (nSPS) is 11.4. The lowest BCUT2D eigenvalue weighted by atomic mass is 10.0. The zero-order valence-corrected chi connectivity index (χ0v) is 23.1. The van der Waals surface area contributed by atoms with E-state index in [9.17, 15) is 9.59 Å². The first-order valence-corrected chi connectivity index (χ1v) is 14.0. The fourth-order valence-corrected chi connectivity index (χ4v) is 4.45. The minimum Gasteiger partial charge on any atom is -0.467 e. The van der Waals surface area contributed by atoms with Crippen LogP contribution in [-0.2, 0) is 22.6 Å². The number of hydrogen-bond donors (Lipinski definition) is 0. The highest BCUT2D eigenvalue weighted by Gasteiger charge is 2.30. The van der Waals surface area contributed by atoms with E-state index >= 15 is 0 Å². The zero-order chi connectivity index (χ0) is 26.2. The molecule has 0 bridgehead atoms. The minimum atomic E-state index is -0.415. The molecule has 0 unspecified atom stereocenters. The Bertz CT molecular complexity index is 856. The summed E-state index contributed by atoms with van der Waals surface area (Å²) in [4.78, 5) is 30.2. The van der Waals surface area contributed by atoms with Gasteiger partial charge in [-0.05, 0) is 51.3 Å². The second-order valence-electron chi connectivity index (χ2n) is 10.9. The van der Waals surface area contributed by atoms with Gasteiger partial charge in [0, 0.05) is 18.5 Å². The predicted molar refractivity (Wildman–Crippen MR) is 148 cm³/mol. The highest BCUT2D eigenvalue weighted by molar-refractivity contribution is 5.85. The Kier molecular flexibility index (Phi) is 13.4. The molecule has 0 N–H and O–H groups in total. The maximum atomic E-state index is 13.5. The van der Waals surface area contributed by atoms with Crippen molar-refractivity contribution in [3.63, 3.8) is 0 Å². The van der Waals surface area contributed by atoms with E-state index in [0.717, 1.165) is 25.0 Å². The lowest BCUT2D eigenvalue weighted by Gasteiger charge is -2.37. The molecular weight excluding hydrogens is 448 g/mol. The van der Waals surface area contributed by atoms with Crippen molar-refractivity contribution in [2.75, 3.05) is 13.1 Å². The molecule has 2 amide bonds. The van der Waals surface area contributed by atoms with Gasteiger partial charge >= 0.3 is 0 Å². The number of nitrogens with zero attached hydrogens (tertiary/aromatic N) is 2. The molecule has 2 rings (SSSR count). The average molecular weight is 497 g/mol. The number of amides is 2. The van der Waals surface area contributed by atoms with E-state index in [2.05, 4.69) is 19.1 Å². The summed E-state index contributed by atoms with van der Waals surface area (Å²) in [5.41, 5.74) is 0.769. The molecule has 200 valence electrons. The molecule has 0 fully saturated rings. The maximum Gasteiger partial charge on any atom is 0.242 e. The number of carbonyl (C=O) groups excluding carboxylic acids is 2. The van der Waals surface area contributed by atoms with Gasteiger partial charge in [-0.2, -0.15) is 0 Å². The molecule has 0 aliphatic carbocycles. The van der Waals surface area contributed by atoms with Crippen molar-refractivity contribution in [2.24, 2.45) is 0 Å². The maximum absolute atomic E-state index is 13.5. The van der Waals surface area contributed by atoms with Crippen LogP contribution in [0.2, 0.25) is 0 Å². The third-order valence-corrected chi connectivity index (χ3v) is 6.69. The van der Waals surface area contributed by atoms with Gasteiger partial charge in [0.1, 0.15) is 12.3 Å². The molecule has 0 saturated carbocycles. The Hall–Kier alpha value is -2.56. The summed E-state index contributed by atoms with van der Waals surface area (Å²) in [5.74, 6) is 0.775. The van der Waals surface area contributed by atoms with Gasteiger partial charge in [-0.3, -0.25) is 9.59 Å². The van der Waals surface area contributed by atoms with Gasteiger partial charge in [-0.1, -0.05) is 88.6 Å². The standard InChI is InChI=1S/C31H48N2O3/c1-5-6-7-8-9-10-11-12-16-21-29(34)33(31(2,3)4)26-30(35)32(25-28-20-17-24-36-28)23-22-27-18-14-13-15-19-27/h13-15,17-20,24H,5-12,16,21-23,25-26H2,1-4H3. The molecule has 0 aliphatic heterocycles. The first-order valence-electron chi connectivity index (χ1n) is 14.0. The van der Waals surface area contributed by atoms with Crippen LogP contribution in [0.15, 0.2) is 53.1 Å². The van der Waals surface area contributed by atoms with Crippen LogP contribution in [0.5, 0.6) is 0 Å². The van der Waals surface area contributed by atoms with Crippen LogP contribution in [0, 0.1) is 0 Å². The Morgan fingerprint density at radius 1 is 0.806 bits per heavy atom. The molecule has 0 radical (unpaired) electrons. The molecular formula is C31H48N2O3. The van der Waals surface area contributed by atoms with E-state index in [0.29, 0.717) is 19.5 Å². The van der Waals surface area contributed by atoms with E-state index in [1.807, 2.05) is 56.0 Å². The Morgan fingerprint density at radius 2 is 1.44 bits per heavy atom. The summed E-state index contributed by atoms with van der Waals surface area (Å²) in [6, 6.07) is 13.9. The van der Waals surface area contributed by atoms with Crippen molar-refractivity contribution in [2.45, 2.75) is 110 Å². The lowest BCUT2D eigenvalue weighted by Crippen LogP contribution is -2.51. The minimum absolute atomic E-state index is 0.0438. The summed E-state index contributed by atoms with van der Waals surface area (Å²) in [6.07, 6.45) is 13.9. The van der Waals surface area contributed by atoms with E-state index in [4.69, 9.17) is 4.42 Å². The van der Waals surface area contributed by atoms with Gasteiger partial charge in [-0.15, -0.1) is 0 Å². The second kappa shape index (κ2) is 16.2. The number of hydrogen-bond acceptors (Lipinski definition) is 3. The van der Waals surface area contributed by atoms with Crippen molar-refractivity contribution in [3.8, 4) is 0 Å². The third kappa shape index (κ3) is 11.5. The summed E-state index contributed by atoms with van der Waals surface area (Å²) in [6.45, 7) is 9.35. The van der Waals surface area contributed by atoms with Crippen molar-refractivity contribution < 1.29 is 14.0 Å². The monoisotopic (exact) mass is 496 g/mol. The van der Waals surface area contributed by atoms with Gasteiger partial charge in [0.05, 0.1) is 12.8 Å².